The number of nitrogens with zero attached hydrogens (tertiary/aromatic N) is 2. The summed E-state index contributed by atoms with van der Waals surface area (Å²) in [5.74, 6) is -1.83. The first kappa shape index (κ1) is 25.4. The minimum absolute atomic E-state index is 0.00903. The molecule has 0 aliphatic rings. The summed E-state index contributed by atoms with van der Waals surface area (Å²) in [5, 5.41) is 2.98. The average Bonchev–Trinajstić information content (AvgIpc) is 2.76. The fraction of sp³-hybridized carbons (Fsp3) is 0.522. The third-order valence-electron chi connectivity index (χ3n) is 5.04. The van der Waals surface area contributed by atoms with Crippen LogP contribution in [0.2, 0.25) is 0 Å². The molecule has 0 radical (unpaired) electrons. The van der Waals surface area contributed by atoms with E-state index >= 15 is 0 Å². The van der Waals surface area contributed by atoms with Crippen molar-refractivity contribution in [3.05, 3.63) is 29.5 Å². The quantitative estimate of drug-likeness (QED) is 0.476. The zero-order valence-corrected chi connectivity index (χ0v) is 19.3. The van der Waals surface area contributed by atoms with Crippen molar-refractivity contribution in [1.82, 2.24) is 9.97 Å². The van der Waals surface area contributed by atoms with Gasteiger partial charge in [0, 0.05) is 12.7 Å². The monoisotopic (exact) mass is 453 g/mol. The first-order chi connectivity index (χ1) is 15.0. The van der Waals surface area contributed by atoms with E-state index in [4.69, 9.17) is 9.47 Å². The van der Waals surface area contributed by atoms with E-state index in [0.717, 1.165) is 18.4 Å². The van der Waals surface area contributed by atoms with Gasteiger partial charge in [0.15, 0.2) is 11.6 Å². The first-order valence-corrected chi connectivity index (χ1v) is 10.7. The highest BCUT2D eigenvalue weighted by atomic mass is 19.4. The van der Waals surface area contributed by atoms with Gasteiger partial charge in [0.2, 0.25) is 5.88 Å². The lowest BCUT2D eigenvalue weighted by molar-refractivity contribution is -0.189. The Morgan fingerprint density at radius 2 is 1.78 bits per heavy atom. The number of carbonyl (C=O) groups excluding carboxylic acids is 1. The number of esters is 1. The van der Waals surface area contributed by atoms with Crippen LogP contribution in [0.5, 0.6) is 11.6 Å². The molecule has 0 fully saturated rings. The van der Waals surface area contributed by atoms with Gasteiger partial charge in [0.25, 0.3) is 0 Å². The number of nitrogens with one attached hydrogen (secondary N) is 1. The molecule has 0 saturated heterocycles. The summed E-state index contributed by atoms with van der Waals surface area (Å²) in [4.78, 5) is 20.4. The predicted octanol–water partition coefficient (Wildman–Crippen LogP) is 5.91. The van der Waals surface area contributed by atoms with E-state index < -0.39 is 18.0 Å². The maximum absolute atomic E-state index is 12.9. The molecule has 0 aliphatic heterocycles. The molecule has 0 aromatic carbocycles. The number of hydrogen-bond acceptors (Lipinski definition) is 6. The summed E-state index contributed by atoms with van der Waals surface area (Å²) in [6, 6.07) is 5.10. The Morgan fingerprint density at radius 3 is 2.28 bits per heavy atom. The van der Waals surface area contributed by atoms with Gasteiger partial charge in [-0.15, -0.1) is 0 Å². The molecule has 0 spiro atoms. The lowest BCUT2D eigenvalue weighted by Crippen LogP contribution is -2.28. The molecule has 0 unspecified atom stereocenters. The zero-order valence-electron chi connectivity index (χ0n) is 19.3. The van der Waals surface area contributed by atoms with Crippen molar-refractivity contribution < 1.29 is 27.4 Å². The second-order valence-electron chi connectivity index (χ2n) is 7.63. The summed E-state index contributed by atoms with van der Waals surface area (Å²) in [7, 11) is 1.68. The molecule has 0 atom stereocenters. The zero-order chi connectivity index (χ0) is 24.1. The fourth-order valence-corrected chi connectivity index (χ4v) is 3.12. The minimum Gasteiger partial charge on any atom is -0.487 e. The van der Waals surface area contributed by atoms with Gasteiger partial charge in [-0.2, -0.15) is 13.2 Å². The number of pyridine rings is 2. The molecule has 176 valence electrons. The van der Waals surface area contributed by atoms with Crippen LogP contribution in [-0.4, -0.2) is 35.3 Å². The second-order valence-corrected chi connectivity index (χ2v) is 7.63. The summed E-state index contributed by atoms with van der Waals surface area (Å²) in [6.07, 6.45) is -2.96. The third kappa shape index (κ3) is 5.89. The van der Waals surface area contributed by atoms with E-state index in [1.807, 2.05) is 40.7 Å². The molecule has 0 bridgehead atoms. The number of alkyl halides is 3. The number of aryl methyl sites for hydroxylation is 1. The number of ether oxygens (including phenoxy) is 2. The number of rotatable bonds is 9. The van der Waals surface area contributed by atoms with Gasteiger partial charge >= 0.3 is 12.1 Å². The van der Waals surface area contributed by atoms with Gasteiger partial charge in [-0.3, -0.25) is 0 Å². The topological polar surface area (TPSA) is 73.3 Å². The average molecular weight is 454 g/mol. The second kappa shape index (κ2) is 10.7. The van der Waals surface area contributed by atoms with Gasteiger partial charge in [0.1, 0.15) is 0 Å². The standard InChI is InChI=1S/C23H30F3N3O3/c1-7-14-12-18(31-15(8-2)9-3)20(27-6)29-19(14)16-10-11-17(13(4)5)28-21(16)32-22(30)23(24,25)26/h10-13,15H,7-9H2,1-6H3,(H,27,29). The number of hydrogen-bond donors (Lipinski definition) is 1. The van der Waals surface area contributed by atoms with Crippen LogP contribution in [0.15, 0.2) is 18.2 Å². The van der Waals surface area contributed by atoms with E-state index in [9.17, 15) is 18.0 Å². The largest absolute Gasteiger partial charge is 0.491 e. The van der Waals surface area contributed by atoms with Crippen LogP contribution in [0.1, 0.15) is 64.6 Å². The molecular formula is C23H30F3N3O3. The van der Waals surface area contributed by atoms with Gasteiger partial charge in [-0.25, -0.2) is 14.8 Å². The maximum Gasteiger partial charge on any atom is 0.491 e. The predicted molar refractivity (Wildman–Crippen MR) is 117 cm³/mol. The third-order valence-corrected chi connectivity index (χ3v) is 5.04. The molecule has 1 N–H and O–H groups in total. The number of halogens is 3. The fourth-order valence-electron chi connectivity index (χ4n) is 3.12. The summed E-state index contributed by atoms with van der Waals surface area (Å²) in [6.45, 7) is 9.64. The minimum atomic E-state index is -5.14. The number of aromatic nitrogens is 2. The van der Waals surface area contributed by atoms with Crippen LogP contribution < -0.4 is 14.8 Å². The van der Waals surface area contributed by atoms with Crippen molar-refractivity contribution >= 4 is 11.8 Å². The van der Waals surface area contributed by atoms with E-state index in [1.54, 1.807) is 19.2 Å². The van der Waals surface area contributed by atoms with Gasteiger partial charge in [0.05, 0.1) is 17.4 Å². The molecule has 2 aromatic heterocycles. The summed E-state index contributed by atoms with van der Waals surface area (Å²) < 4.78 is 49.4. The van der Waals surface area contributed by atoms with Crippen molar-refractivity contribution in [3.63, 3.8) is 0 Å². The molecule has 2 heterocycles. The van der Waals surface area contributed by atoms with E-state index in [2.05, 4.69) is 15.3 Å². The molecular weight excluding hydrogens is 423 g/mol. The Labute approximate surface area is 186 Å². The van der Waals surface area contributed by atoms with Crippen molar-refractivity contribution in [3.8, 4) is 22.9 Å². The molecule has 0 aliphatic carbocycles. The van der Waals surface area contributed by atoms with E-state index in [0.29, 0.717) is 29.4 Å². The van der Waals surface area contributed by atoms with Crippen molar-refractivity contribution in [2.75, 3.05) is 12.4 Å². The van der Waals surface area contributed by atoms with Gasteiger partial charge in [-0.1, -0.05) is 34.6 Å². The lowest BCUT2D eigenvalue weighted by atomic mass is 10.0. The Balaban J connectivity index is 2.65. The van der Waals surface area contributed by atoms with Crippen molar-refractivity contribution in [2.24, 2.45) is 0 Å². The van der Waals surface area contributed by atoms with Crippen LogP contribution in [0.3, 0.4) is 0 Å². The Kier molecular flexibility index (Phi) is 8.46. The lowest BCUT2D eigenvalue weighted by Gasteiger charge is -2.21. The van der Waals surface area contributed by atoms with Gasteiger partial charge < -0.3 is 14.8 Å². The highest BCUT2D eigenvalue weighted by molar-refractivity contribution is 5.81. The van der Waals surface area contributed by atoms with Crippen LogP contribution in [0, 0.1) is 0 Å². The molecule has 9 heteroatoms. The highest BCUT2D eigenvalue weighted by Crippen LogP contribution is 2.37. The smallest absolute Gasteiger partial charge is 0.487 e. The number of carbonyl (C=O) groups is 1. The molecule has 2 rings (SSSR count). The Bertz CT molecular complexity index is 942. The molecule has 32 heavy (non-hydrogen) atoms. The molecule has 6 nitrogen and oxygen atoms in total. The number of anilines is 1. The van der Waals surface area contributed by atoms with Crippen LogP contribution in [0.4, 0.5) is 19.0 Å². The Morgan fingerprint density at radius 1 is 1.12 bits per heavy atom. The molecule has 0 saturated carbocycles. The molecule has 0 amide bonds. The van der Waals surface area contributed by atoms with Crippen molar-refractivity contribution in [2.45, 2.75) is 72.1 Å². The van der Waals surface area contributed by atoms with E-state index in [1.165, 1.54) is 0 Å². The Hall–Kier alpha value is -2.84. The highest BCUT2D eigenvalue weighted by Gasteiger charge is 2.42. The van der Waals surface area contributed by atoms with Crippen LogP contribution in [0.25, 0.3) is 11.3 Å². The SMILES string of the molecule is CCc1cc(OC(CC)CC)c(NC)nc1-c1ccc(C(C)C)nc1OC(=O)C(F)(F)F. The maximum atomic E-state index is 12.9. The normalized spacial score (nSPS) is 11.7. The summed E-state index contributed by atoms with van der Waals surface area (Å²) in [5.41, 5.74) is 1.81. The van der Waals surface area contributed by atoms with Crippen molar-refractivity contribution in [1.29, 1.82) is 0 Å². The van der Waals surface area contributed by atoms with Gasteiger partial charge in [-0.05, 0) is 48.9 Å². The summed E-state index contributed by atoms with van der Waals surface area (Å²) >= 11 is 0. The van der Waals surface area contributed by atoms with Crippen LogP contribution >= 0.6 is 0 Å². The van der Waals surface area contributed by atoms with E-state index in [-0.39, 0.29) is 17.6 Å². The molecule has 2 aromatic rings. The van der Waals surface area contributed by atoms with Crippen LogP contribution in [-0.2, 0) is 11.2 Å². The first-order valence-electron chi connectivity index (χ1n) is 10.7.